The van der Waals surface area contributed by atoms with Crippen LogP contribution in [0.15, 0.2) is 49.1 Å². The van der Waals surface area contributed by atoms with Gasteiger partial charge in [-0.2, -0.15) is 5.10 Å². The minimum atomic E-state index is -4.79. The van der Waals surface area contributed by atoms with E-state index in [4.69, 9.17) is 0 Å². The van der Waals surface area contributed by atoms with Gasteiger partial charge in [0.25, 0.3) is 0 Å². The van der Waals surface area contributed by atoms with Crippen LogP contribution in [-0.4, -0.2) is 44.1 Å². The van der Waals surface area contributed by atoms with Crippen molar-refractivity contribution in [3.63, 3.8) is 0 Å². The van der Waals surface area contributed by atoms with Gasteiger partial charge in [0.15, 0.2) is 0 Å². The van der Waals surface area contributed by atoms with E-state index in [1.54, 1.807) is 12.3 Å². The molecule has 11 heteroatoms. The van der Waals surface area contributed by atoms with Gasteiger partial charge in [-0.05, 0) is 42.0 Å². The summed E-state index contributed by atoms with van der Waals surface area (Å²) in [7, 11) is 0. The van der Waals surface area contributed by atoms with Crippen LogP contribution in [0.3, 0.4) is 0 Å². The second-order valence-electron chi connectivity index (χ2n) is 8.67. The zero-order chi connectivity index (χ0) is 25.2. The summed E-state index contributed by atoms with van der Waals surface area (Å²) in [5.74, 6) is -0.385. The van der Waals surface area contributed by atoms with Gasteiger partial charge in [0.1, 0.15) is 29.8 Å². The van der Waals surface area contributed by atoms with Crippen molar-refractivity contribution in [2.24, 2.45) is 11.8 Å². The highest BCUT2D eigenvalue weighted by Crippen LogP contribution is 2.38. The molecule has 0 bridgehead atoms. The van der Waals surface area contributed by atoms with Crippen molar-refractivity contribution in [3.8, 4) is 5.75 Å². The third-order valence-corrected chi connectivity index (χ3v) is 6.34. The van der Waals surface area contributed by atoms with Crippen LogP contribution >= 0.6 is 0 Å². The van der Waals surface area contributed by atoms with Crippen molar-refractivity contribution in [2.45, 2.75) is 51.8 Å². The van der Waals surface area contributed by atoms with Gasteiger partial charge in [-0.1, -0.05) is 32.4 Å². The largest absolute Gasteiger partial charge is 0.573 e. The Morgan fingerprint density at radius 1 is 1.29 bits per heavy atom. The lowest BCUT2D eigenvalue weighted by atomic mass is 9.95. The number of nitrogens with zero attached hydrogens (tertiary/aromatic N) is 4. The maximum Gasteiger partial charge on any atom is 0.573 e. The number of benzene rings is 1. The fraction of sp³-hybridized carbons (Fsp3) is 0.417. The zero-order valence-electron chi connectivity index (χ0n) is 19.2. The Kier molecular flexibility index (Phi) is 7.04. The van der Waals surface area contributed by atoms with Crippen LogP contribution in [0.4, 0.5) is 23.4 Å². The van der Waals surface area contributed by atoms with E-state index in [9.17, 15) is 22.4 Å². The molecule has 0 amide bonds. The fourth-order valence-corrected chi connectivity index (χ4v) is 4.50. The number of aromatic nitrogens is 4. The minimum absolute atomic E-state index is 0.0887. The Hall–Kier alpha value is -3.50. The Labute approximate surface area is 199 Å². The van der Waals surface area contributed by atoms with Crippen molar-refractivity contribution in [1.29, 1.82) is 0 Å². The number of nitrogens with one attached hydrogen (secondary N) is 1. The highest BCUT2D eigenvalue weighted by atomic mass is 19.4. The molecule has 1 aromatic carbocycles. The summed E-state index contributed by atoms with van der Waals surface area (Å²) in [5, 5.41) is 7.35. The molecule has 1 fully saturated rings. The van der Waals surface area contributed by atoms with Gasteiger partial charge >= 0.3 is 6.36 Å². The first kappa shape index (κ1) is 24.6. The van der Waals surface area contributed by atoms with Crippen molar-refractivity contribution in [3.05, 3.63) is 65.9 Å². The molecule has 2 heterocycles. The number of alkyl halides is 4. The van der Waals surface area contributed by atoms with Crippen molar-refractivity contribution in [2.75, 3.05) is 5.32 Å². The second kappa shape index (κ2) is 10.0. The van der Waals surface area contributed by atoms with Gasteiger partial charge in [0.05, 0.1) is 18.2 Å². The number of carbonyl (C=O) groups excluding carboxylic acids is 1. The minimum Gasteiger partial charge on any atom is -0.406 e. The smallest absolute Gasteiger partial charge is 0.406 e. The predicted molar refractivity (Wildman–Crippen MR) is 120 cm³/mol. The van der Waals surface area contributed by atoms with Crippen LogP contribution < -0.4 is 10.1 Å². The summed E-state index contributed by atoms with van der Waals surface area (Å²) in [5.41, 5.74) is 0.778. The topological polar surface area (TPSA) is 81.9 Å². The molecule has 4 atom stereocenters. The molecule has 1 aliphatic rings. The first-order chi connectivity index (χ1) is 16.6. The summed E-state index contributed by atoms with van der Waals surface area (Å²) < 4.78 is 57.6. The predicted octanol–water partition coefficient (Wildman–Crippen LogP) is 5.04. The Balaban J connectivity index is 1.48. The lowest BCUT2D eigenvalue weighted by Crippen LogP contribution is -2.29. The lowest BCUT2D eigenvalue weighted by molar-refractivity contribution is -0.274. The maximum absolute atomic E-state index is 14.8. The second-order valence-corrected chi connectivity index (χ2v) is 8.67. The maximum atomic E-state index is 14.8. The Bertz CT molecular complexity index is 1180. The van der Waals surface area contributed by atoms with Crippen LogP contribution in [0.25, 0.3) is 0 Å². The molecular weight excluding hydrogens is 466 g/mol. The van der Waals surface area contributed by atoms with Gasteiger partial charge in [0.2, 0.25) is 5.78 Å². The highest BCUT2D eigenvalue weighted by molar-refractivity contribution is 6.10. The number of carbonyl (C=O) groups is 1. The third kappa shape index (κ3) is 5.77. The van der Waals surface area contributed by atoms with Crippen LogP contribution in [0, 0.1) is 11.8 Å². The van der Waals surface area contributed by atoms with Crippen molar-refractivity contribution < 1.29 is 27.1 Å². The summed E-state index contributed by atoms with van der Waals surface area (Å²) >= 11 is 0. The van der Waals surface area contributed by atoms with Crippen molar-refractivity contribution in [1.82, 2.24) is 19.7 Å². The fourth-order valence-electron chi connectivity index (χ4n) is 4.50. The molecule has 0 saturated heterocycles. The van der Waals surface area contributed by atoms with E-state index in [1.807, 2.05) is 13.8 Å². The van der Waals surface area contributed by atoms with E-state index in [-0.39, 0.29) is 41.2 Å². The van der Waals surface area contributed by atoms with E-state index >= 15 is 0 Å². The Morgan fingerprint density at radius 2 is 2.09 bits per heavy atom. The van der Waals surface area contributed by atoms with E-state index in [1.165, 1.54) is 41.5 Å². The summed E-state index contributed by atoms with van der Waals surface area (Å²) in [6, 6.07) is 6.56. The number of anilines is 1. The molecule has 0 radical (unpaired) electrons. The summed E-state index contributed by atoms with van der Waals surface area (Å²) in [6.07, 6.45) is -0.143. The van der Waals surface area contributed by atoms with Crippen LogP contribution in [0.5, 0.6) is 5.75 Å². The average Bonchev–Trinajstić information content (AvgIpc) is 3.38. The average molecular weight is 491 g/mol. The molecular formula is C24H25F4N5O2. The molecule has 186 valence electrons. The molecule has 0 unspecified atom stereocenters. The zero-order valence-corrected chi connectivity index (χ0v) is 19.2. The molecule has 4 rings (SSSR count). The number of hydrogen-bond acceptors (Lipinski definition) is 6. The molecule has 35 heavy (non-hydrogen) atoms. The lowest BCUT2D eigenvalue weighted by Gasteiger charge is -2.18. The van der Waals surface area contributed by atoms with Gasteiger partial charge in [-0.25, -0.2) is 14.4 Å². The molecule has 2 aromatic heterocycles. The van der Waals surface area contributed by atoms with E-state index in [2.05, 4.69) is 25.1 Å². The third-order valence-electron chi connectivity index (χ3n) is 6.34. The van der Waals surface area contributed by atoms with Gasteiger partial charge in [0, 0.05) is 12.4 Å². The number of rotatable bonds is 8. The number of hydrogen-bond donors (Lipinski definition) is 1. The summed E-state index contributed by atoms with van der Waals surface area (Å²) in [6.45, 7) is 4.05. The first-order valence-corrected chi connectivity index (χ1v) is 11.3. The van der Waals surface area contributed by atoms with Crippen LogP contribution in [-0.2, 0) is 6.54 Å². The quantitative estimate of drug-likeness (QED) is 0.351. The Morgan fingerprint density at radius 3 is 2.80 bits per heavy atom. The first-order valence-electron chi connectivity index (χ1n) is 11.3. The SMILES string of the molecule is CC[C@H]1C[C@@H](Nc2ncncc2C(=O)c2ccn(Cc3cccc(OC(F)(F)F)c3)n2)[C@@H](F)[C@@H]1C. The van der Waals surface area contributed by atoms with E-state index in [0.29, 0.717) is 12.0 Å². The van der Waals surface area contributed by atoms with E-state index < -0.39 is 24.4 Å². The standard InChI is InChI=1S/C24H25F4N5O2/c1-3-16-10-20(21(25)14(16)2)31-23-18(11-29-13-30-23)22(34)19-7-8-33(32-19)12-15-5-4-6-17(9-15)35-24(26,27)28/h4-9,11,13-14,16,20-21H,3,10,12H2,1-2H3,(H,29,30,31)/t14-,16+,20-,21+/m1/s1. The molecule has 1 saturated carbocycles. The molecule has 0 spiro atoms. The van der Waals surface area contributed by atoms with Crippen LogP contribution in [0.2, 0.25) is 0 Å². The molecule has 3 aromatic rings. The number of ether oxygens (including phenoxy) is 1. The monoisotopic (exact) mass is 491 g/mol. The van der Waals surface area contributed by atoms with Gasteiger partial charge in [-0.15, -0.1) is 13.2 Å². The number of halogens is 4. The normalized spacial score (nSPS) is 22.2. The van der Waals surface area contributed by atoms with Gasteiger partial charge in [-0.3, -0.25) is 9.48 Å². The van der Waals surface area contributed by atoms with Crippen molar-refractivity contribution >= 4 is 11.6 Å². The highest BCUT2D eigenvalue weighted by Gasteiger charge is 2.40. The van der Waals surface area contributed by atoms with Gasteiger partial charge < -0.3 is 10.1 Å². The number of ketones is 1. The van der Waals surface area contributed by atoms with Crippen LogP contribution in [0.1, 0.15) is 48.3 Å². The molecule has 1 aliphatic carbocycles. The molecule has 1 N–H and O–H groups in total. The summed E-state index contributed by atoms with van der Waals surface area (Å²) in [4.78, 5) is 21.3. The molecule has 7 nitrogen and oxygen atoms in total. The van der Waals surface area contributed by atoms with E-state index in [0.717, 1.165) is 6.42 Å². The molecule has 0 aliphatic heterocycles.